The molecule has 118 valence electrons. The number of fused-ring (bicyclic) bond motifs is 1. The highest BCUT2D eigenvalue weighted by atomic mass is 15.0. The fraction of sp³-hybridized carbons (Fsp3) is 0.0588. The quantitative estimate of drug-likeness (QED) is 0.502. The Morgan fingerprint density at radius 2 is 2.00 bits per heavy atom. The molecule has 0 spiro atoms. The first-order valence-electron chi connectivity index (χ1n) is 7.45. The molecule has 0 aliphatic heterocycles. The van der Waals surface area contributed by atoms with Crippen LogP contribution in [0.1, 0.15) is 5.56 Å². The third-order valence-corrected chi connectivity index (χ3v) is 3.79. The van der Waals surface area contributed by atoms with Crippen LogP contribution < -0.4 is 11.1 Å². The number of nitrogens with one attached hydrogen (secondary N) is 2. The van der Waals surface area contributed by atoms with Crippen molar-refractivity contribution in [3.05, 3.63) is 54.7 Å². The van der Waals surface area contributed by atoms with Crippen LogP contribution in [0.25, 0.3) is 22.4 Å². The number of H-pyrrole nitrogens is 1. The molecule has 0 radical (unpaired) electrons. The van der Waals surface area contributed by atoms with Gasteiger partial charge in [0.25, 0.3) is 0 Å². The number of nitrogens with two attached hydrogens (primary N) is 1. The zero-order valence-electron chi connectivity index (χ0n) is 13.0. The summed E-state index contributed by atoms with van der Waals surface area (Å²) in [5.41, 5.74) is 11.5. The third-order valence-electron chi connectivity index (χ3n) is 3.79. The summed E-state index contributed by atoms with van der Waals surface area (Å²) in [5.74, 6) is 0.689. The molecule has 7 nitrogen and oxygen atoms in total. The monoisotopic (exact) mass is 317 g/mol. The molecule has 0 unspecified atom stereocenters. The Balaban J connectivity index is 1.84. The van der Waals surface area contributed by atoms with Gasteiger partial charge in [-0.1, -0.05) is 6.07 Å². The van der Waals surface area contributed by atoms with E-state index in [0.29, 0.717) is 22.7 Å². The highest BCUT2D eigenvalue weighted by molar-refractivity contribution is 5.91. The average molecular weight is 317 g/mol. The van der Waals surface area contributed by atoms with Gasteiger partial charge in [-0.2, -0.15) is 0 Å². The van der Waals surface area contributed by atoms with E-state index in [0.717, 1.165) is 22.5 Å². The molecule has 0 saturated carbocycles. The Morgan fingerprint density at radius 3 is 2.92 bits per heavy atom. The molecule has 3 aromatic heterocycles. The summed E-state index contributed by atoms with van der Waals surface area (Å²) in [6.07, 6.45) is 4.85. The lowest BCUT2D eigenvalue weighted by Gasteiger charge is -2.13. The van der Waals surface area contributed by atoms with Crippen molar-refractivity contribution in [1.82, 2.24) is 24.9 Å². The van der Waals surface area contributed by atoms with Crippen molar-refractivity contribution >= 4 is 28.4 Å². The average Bonchev–Trinajstić information content (AvgIpc) is 3.07. The number of pyridine rings is 1. The van der Waals surface area contributed by atoms with Crippen molar-refractivity contribution in [2.24, 2.45) is 0 Å². The predicted octanol–water partition coefficient (Wildman–Crippen LogP) is 3.05. The smallest absolute Gasteiger partial charge is 0.161 e. The molecule has 0 fully saturated rings. The summed E-state index contributed by atoms with van der Waals surface area (Å²) in [4.78, 5) is 20.4. The first kappa shape index (κ1) is 14.1. The lowest BCUT2D eigenvalue weighted by Crippen LogP contribution is -2.00. The van der Waals surface area contributed by atoms with Gasteiger partial charge < -0.3 is 16.0 Å². The van der Waals surface area contributed by atoms with Crippen molar-refractivity contribution in [1.29, 1.82) is 0 Å². The number of benzene rings is 1. The van der Waals surface area contributed by atoms with E-state index in [1.54, 1.807) is 12.5 Å². The fourth-order valence-corrected chi connectivity index (χ4v) is 2.56. The van der Waals surface area contributed by atoms with E-state index in [2.05, 4.69) is 30.2 Å². The van der Waals surface area contributed by atoms with Gasteiger partial charge in [-0.05, 0) is 36.8 Å². The minimum Gasteiger partial charge on any atom is -0.399 e. The van der Waals surface area contributed by atoms with Crippen molar-refractivity contribution in [2.45, 2.75) is 6.92 Å². The second-order valence-corrected chi connectivity index (χ2v) is 5.42. The van der Waals surface area contributed by atoms with E-state index in [1.165, 1.54) is 6.33 Å². The maximum Gasteiger partial charge on any atom is 0.161 e. The van der Waals surface area contributed by atoms with Gasteiger partial charge >= 0.3 is 0 Å². The van der Waals surface area contributed by atoms with Gasteiger partial charge in [0.1, 0.15) is 23.4 Å². The number of hydrogen-bond acceptors (Lipinski definition) is 6. The molecular formula is C17H15N7. The summed E-state index contributed by atoms with van der Waals surface area (Å²) in [5, 5.41) is 3.35. The summed E-state index contributed by atoms with van der Waals surface area (Å²) in [6, 6.07) is 9.55. The lowest BCUT2D eigenvalue weighted by molar-refractivity contribution is 1.19. The number of aromatic amines is 1. The van der Waals surface area contributed by atoms with Crippen molar-refractivity contribution in [3.63, 3.8) is 0 Å². The van der Waals surface area contributed by atoms with Crippen LogP contribution in [-0.2, 0) is 0 Å². The number of nitrogens with zero attached hydrogens (tertiary/aromatic N) is 4. The minimum atomic E-state index is 0.689. The van der Waals surface area contributed by atoms with Crippen molar-refractivity contribution in [2.75, 3.05) is 11.1 Å². The molecule has 4 rings (SSSR count). The molecule has 0 amide bonds. The van der Waals surface area contributed by atoms with Gasteiger partial charge in [0.15, 0.2) is 5.65 Å². The van der Waals surface area contributed by atoms with Crippen LogP contribution in [0, 0.1) is 6.92 Å². The molecule has 0 aliphatic rings. The Bertz CT molecular complexity index is 1020. The SMILES string of the molecule is Cc1ccc(N)cc1Nc1ncccc1-c1ncnc2[nH]cnc12. The normalized spacial score (nSPS) is 10.9. The lowest BCUT2D eigenvalue weighted by atomic mass is 10.1. The first-order valence-corrected chi connectivity index (χ1v) is 7.45. The number of aryl methyl sites for hydroxylation is 1. The van der Waals surface area contributed by atoms with E-state index in [1.807, 2.05) is 37.3 Å². The zero-order valence-corrected chi connectivity index (χ0v) is 13.0. The third kappa shape index (κ3) is 2.41. The zero-order chi connectivity index (χ0) is 16.5. The Labute approximate surface area is 138 Å². The highest BCUT2D eigenvalue weighted by Crippen LogP contribution is 2.31. The van der Waals surface area contributed by atoms with Gasteiger partial charge in [0.2, 0.25) is 0 Å². The van der Waals surface area contributed by atoms with Gasteiger partial charge in [-0.3, -0.25) is 0 Å². The molecule has 0 atom stereocenters. The molecule has 1 aromatic carbocycles. The minimum absolute atomic E-state index is 0.689. The van der Waals surface area contributed by atoms with Gasteiger partial charge in [0, 0.05) is 23.1 Å². The Hall–Kier alpha value is -3.48. The number of imidazole rings is 1. The Kier molecular flexibility index (Phi) is 3.31. The van der Waals surface area contributed by atoms with Gasteiger partial charge in [0.05, 0.1) is 6.33 Å². The maximum absolute atomic E-state index is 5.90. The molecule has 0 aliphatic carbocycles. The standard InChI is InChI=1S/C17H15N7/c1-10-4-5-11(18)7-13(10)24-16-12(3-2-6-19-16)14-15-17(22-8-20-14)23-9-21-15/h2-9H,18H2,1H3,(H,19,24)(H,20,21,22,23). The number of hydrogen-bond donors (Lipinski definition) is 3. The van der Waals surface area contributed by atoms with E-state index in [-0.39, 0.29) is 0 Å². The number of rotatable bonds is 3. The summed E-state index contributed by atoms with van der Waals surface area (Å²) >= 11 is 0. The van der Waals surface area contributed by atoms with Gasteiger partial charge in [-0.25, -0.2) is 19.9 Å². The second-order valence-electron chi connectivity index (χ2n) is 5.42. The van der Waals surface area contributed by atoms with Crippen LogP contribution in [0.3, 0.4) is 0 Å². The highest BCUT2D eigenvalue weighted by Gasteiger charge is 2.14. The van der Waals surface area contributed by atoms with E-state index in [4.69, 9.17) is 5.73 Å². The molecule has 3 heterocycles. The summed E-state index contributed by atoms with van der Waals surface area (Å²) in [6.45, 7) is 2.01. The second kappa shape index (κ2) is 5.62. The molecule has 0 bridgehead atoms. The van der Waals surface area contributed by atoms with E-state index >= 15 is 0 Å². The molecular weight excluding hydrogens is 302 g/mol. The maximum atomic E-state index is 5.90. The fourth-order valence-electron chi connectivity index (χ4n) is 2.56. The van der Waals surface area contributed by atoms with E-state index in [9.17, 15) is 0 Å². The summed E-state index contributed by atoms with van der Waals surface area (Å²) in [7, 11) is 0. The first-order chi connectivity index (χ1) is 11.7. The van der Waals surface area contributed by atoms with Crippen LogP contribution in [-0.4, -0.2) is 24.9 Å². The molecule has 7 heteroatoms. The summed E-state index contributed by atoms with van der Waals surface area (Å²) < 4.78 is 0. The number of nitrogen functional groups attached to an aromatic ring is 1. The number of aromatic nitrogens is 5. The van der Waals surface area contributed by atoms with Crippen molar-refractivity contribution in [3.8, 4) is 11.3 Å². The van der Waals surface area contributed by atoms with Crippen LogP contribution in [0.15, 0.2) is 49.2 Å². The topological polar surface area (TPSA) is 105 Å². The van der Waals surface area contributed by atoms with E-state index < -0.39 is 0 Å². The van der Waals surface area contributed by atoms with Crippen LogP contribution in [0.2, 0.25) is 0 Å². The Morgan fingerprint density at radius 1 is 1.08 bits per heavy atom. The van der Waals surface area contributed by atoms with Crippen molar-refractivity contribution < 1.29 is 0 Å². The largest absolute Gasteiger partial charge is 0.399 e. The van der Waals surface area contributed by atoms with Crippen LogP contribution in [0.5, 0.6) is 0 Å². The molecule has 4 aromatic rings. The molecule has 4 N–H and O–H groups in total. The number of anilines is 3. The van der Waals surface area contributed by atoms with Gasteiger partial charge in [-0.15, -0.1) is 0 Å². The molecule has 24 heavy (non-hydrogen) atoms. The van der Waals surface area contributed by atoms with Crippen LogP contribution >= 0.6 is 0 Å². The molecule has 0 saturated heterocycles. The van der Waals surface area contributed by atoms with Crippen LogP contribution in [0.4, 0.5) is 17.2 Å². The predicted molar refractivity (Wildman–Crippen MR) is 93.8 cm³/mol.